The number of thioether (sulfide) groups is 1. The van der Waals surface area contributed by atoms with Gasteiger partial charge in [0.2, 0.25) is 0 Å². The third-order valence-corrected chi connectivity index (χ3v) is 8.27. The second kappa shape index (κ2) is 9.51. The summed E-state index contributed by atoms with van der Waals surface area (Å²) in [6.07, 6.45) is 0.953. The van der Waals surface area contributed by atoms with Gasteiger partial charge in [-0.1, -0.05) is 24.6 Å². The molecule has 2 aliphatic heterocycles. The van der Waals surface area contributed by atoms with Crippen molar-refractivity contribution in [2.75, 3.05) is 23.7 Å². The zero-order valence-corrected chi connectivity index (χ0v) is 19.8. The molecular weight excluding hydrogens is 442 g/mol. The number of nitrogens with one attached hydrogen (secondary N) is 1. The summed E-state index contributed by atoms with van der Waals surface area (Å²) in [5.74, 6) is 0.745. The van der Waals surface area contributed by atoms with Crippen molar-refractivity contribution in [2.45, 2.75) is 43.2 Å². The maximum absolute atomic E-state index is 12.9. The van der Waals surface area contributed by atoms with Crippen LogP contribution in [-0.4, -0.2) is 36.9 Å². The third-order valence-electron chi connectivity index (χ3n) is 4.50. The number of hydrogen-bond donors (Lipinski definition) is 1. The van der Waals surface area contributed by atoms with Crippen molar-refractivity contribution in [1.82, 2.24) is 9.55 Å². The van der Waals surface area contributed by atoms with E-state index in [1.54, 1.807) is 12.1 Å². The van der Waals surface area contributed by atoms with Crippen LogP contribution >= 0.6 is 23.1 Å². The number of hydrogen-bond acceptors (Lipinski definition) is 7. The molecule has 0 saturated carbocycles. The minimum Gasteiger partial charge on any atom is -0.381 e. The van der Waals surface area contributed by atoms with Gasteiger partial charge in [-0.05, 0) is 39.3 Å². The highest BCUT2D eigenvalue weighted by molar-refractivity contribution is 8.01. The fourth-order valence-corrected chi connectivity index (χ4v) is 6.21. The van der Waals surface area contributed by atoms with E-state index in [0.717, 1.165) is 26.8 Å². The molecule has 7 nitrogen and oxygen atoms in total. The van der Waals surface area contributed by atoms with Crippen molar-refractivity contribution < 1.29 is 13.2 Å². The summed E-state index contributed by atoms with van der Waals surface area (Å²) in [4.78, 5) is 17.7. The molecule has 1 N–H and O–H groups in total. The van der Waals surface area contributed by atoms with Gasteiger partial charge in [-0.15, -0.1) is 23.1 Å². The van der Waals surface area contributed by atoms with Gasteiger partial charge in [0.25, 0.3) is 10.0 Å². The van der Waals surface area contributed by atoms with Gasteiger partial charge in [0.05, 0.1) is 15.7 Å². The first-order valence-electron chi connectivity index (χ1n) is 9.57. The Morgan fingerprint density at radius 2 is 1.87 bits per heavy atom. The number of aryl methyl sites for hydroxylation is 2. The molecule has 0 radical (unpaired) electrons. The lowest BCUT2D eigenvalue weighted by molar-refractivity contribution is 0.151. The van der Waals surface area contributed by atoms with Gasteiger partial charge in [-0.25, -0.2) is 13.2 Å². The number of aromatic nitrogens is 2. The summed E-state index contributed by atoms with van der Waals surface area (Å²) < 4.78 is 36.1. The monoisotopic (exact) mass is 467 g/mol. The highest BCUT2D eigenvalue weighted by Gasteiger charge is 2.26. The topological polar surface area (TPSA) is 90.3 Å². The Labute approximate surface area is 184 Å². The molecule has 10 heteroatoms. The number of anilines is 1. The normalized spacial score (nSPS) is 11.9. The lowest BCUT2D eigenvalue weighted by Gasteiger charge is -2.16. The minimum absolute atomic E-state index is 0.0527. The molecule has 30 heavy (non-hydrogen) atoms. The van der Waals surface area contributed by atoms with Gasteiger partial charge in [-0.3, -0.25) is 9.29 Å². The first kappa shape index (κ1) is 22.8. The standard InChI is InChI=1S/C20H25N3O4S3/c1-5-10-27-11-12-28-19-17-18(21-20(24)23(17)14(3)15(4)29-19)22-30(25,26)16-8-6-13(2)7-9-16/h6-9H,5,10-12H2,1-4H3,(H,21,22,24). The van der Waals surface area contributed by atoms with E-state index in [-0.39, 0.29) is 10.7 Å². The van der Waals surface area contributed by atoms with Crippen LogP contribution in [0.1, 0.15) is 29.5 Å². The van der Waals surface area contributed by atoms with Gasteiger partial charge in [0.1, 0.15) is 5.69 Å². The Balaban J connectivity index is 1.98. The molecule has 0 fully saturated rings. The van der Waals surface area contributed by atoms with Crippen LogP contribution in [0.4, 0.5) is 5.82 Å². The number of imidazole rings is 1. The molecular formula is C20H25N3O4S3. The van der Waals surface area contributed by atoms with Crippen LogP contribution in [0, 0.1) is 20.8 Å². The van der Waals surface area contributed by atoms with Crippen molar-refractivity contribution in [2.24, 2.45) is 0 Å². The number of nitrogens with zero attached hydrogens (tertiary/aromatic N) is 2. The predicted octanol–water partition coefficient (Wildman–Crippen LogP) is 3.98. The Hall–Kier alpha value is -1.88. The van der Waals surface area contributed by atoms with Gasteiger partial charge in [0.15, 0.2) is 5.82 Å². The second-order valence-corrected chi connectivity index (χ2v) is 11.1. The fraction of sp³-hybridized carbons (Fsp3) is 0.400. The van der Waals surface area contributed by atoms with E-state index in [9.17, 15) is 13.2 Å². The van der Waals surface area contributed by atoms with Crippen molar-refractivity contribution in [3.05, 3.63) is 50.9 Å². The number of fused-ring (bicyclic) bond motifs is 1. The van der Waals surface area contributed by atoms with E-state index in [4.69, 9.17) is 4.74 Å². The molecule has 0 aliphatic carbocycles. The Morgan fingerprint density at radius 1 is 1.17 bits per heavy atom. The van der Waals surface area contributed by atoms with Crippen LogP contribution in [0.15, 0.2) is 38.2 Å². The minimum atomic E-state index is -3.87. The third kappa shape index (κ3) is 4.88. The first-order chi connectivity index (χ1) is 14.2. The number of rotatable bonds is 9. The average Bonchev–Trinajstić information content (AvgIpc) is 3.01. The molecule has 0 spiro atoms. The lowest BCUT2D eigenvalue weighted by Crippen LogP contribution is -2.17. The highest BCUT2D eigenvalue weighted by atomic mass is 32.2. The van der Waals surface area contributed by atoms with E-state index in [1.165, 1.54) is 39.8 Å². The Bertz CT molecular complexity index is 1150. The van der Waals surface area contributed by atoms with Crippen LogP contribution < -0.4 is 10.4 Å². The summed E-state index contributed by atoms with van der Waals surface area (Å²) in [6, 6.07) is 6.53. The van der Waals surface area contributed by atoms with Gasteiger partial charge in [0, 0.05) is 22.9 Å². The molecule has 162 valence electrons. The molecule has 0 amide bonds. The van der Waals surface area contributed by atoms with Gasteiger partial charge in [-0.2, -0.15) is 4.98 Å². The zero-order chi connectivity index (χ0) is 21.9. The molecule has 0 aromatic heterocycles. The van der Waals surface area contributed by atoms with Crippen LogP contribution in [0.2, 0.25) is 0 Å². The second-order valence-electron chi connectivity index (χ2n) is 6.84. The molecule has 1 aromatic rings. The predicted molar refractivity (Wildman–Crippen MR) is 122 cm³/mol. The van der Waals surface area contributed by atoms with Crippen molar-refractivity contribution in [3.63, 3.8) is 0 Å². The summed E-state index contributed by atoms with van der Waals surface area (Å²) >= 11 is 3.05. The fourth-order valence-electron chi connectivity index (χ4n) is 2.83. The quantitative estimate of drug-likeness (QED) is 0.378. The highest BCUT2D eigenvalue weighted by Crippen LogP contribution is 2.38. The maximum atomic E-state index is 12.9. The lowest BCUT2D eigenvalue weighted by atomic mass is 10.2. The van der Waals surface area contributed by atoms with E-state index >= 15 is 0 Å². The summed E-state index contributed by atoms with van der Waals surface area (Å²) in [5.41, 5.74) is 1.70. The van der Waals surface area contributed by atoms with Gasteiger partial charge >= 0.3 is 5.69 Å². The summed E-state index contributed by atoms with van der Waals surface area (Å²) in [5, 5.41) is 0. The largest absolute Gasteiger partial charge is 0.381 e. The van der Waals surface area contributed by atoms with E-state index < -0.39 is 15.7 Å². The number of ether oxygens (including phenoxy) is 1. The van der Waals surface area contributed by atoms with Crippen LogP contribution in [0.25, 0.3) is 5.69 Å². The molecule has 0 unspecified atom stereocenters. The smallest absolute Gasteiger partial charge is 0.354 e. The van der Waals surface area contributed by atoms with Crippen molar-refractivity contribution in [3.8, 4) is 5.69 Å². The van der Waals surface area contributed by atoms with Gasteiger partial charge < -0.3 is 4.74 Å². The number of benzene rings is 1. The molecule has 1 aromatic carbocycles. The zero-order valence-electron chi connectivity index (χ0n) is 17.4. The molecule has 0 saturated heterocycles. The SMILES string of the molecule is CCCOCCSc1sc(C)c(C)n2c(=O)nc(NS(=O)(=O)c3ccc(C)cc3)c1-2. The maximum Gasteiger partial charge on any atom is 0.354 e. The Kier molecular flexibility index (Phi) is 7.22. The van der Waals surface area contributed by atoms with Crippen LogP contribution in [0.5, 0.6) is 0 Å². The molecule has 0 bridgehead atoms. The van der Waals surface area contributed by atoms with Crippen LogP contribution in [0.3, 0.4) is 0 Å². The van der Waals surface area contributed by atoms with E-state index in [2.05, 4.69) is 16.6 Å². The molecule has 0 atom stereocenters. The molecule has 3 rings (SSSR count). The Morgan fingerprint density at radius 3 is 2.53 bits per heavy atom. The van der Waals surface area contributed by atoms with Crippen LogP contribution in [-0.2, 0) is 14.8 Å². The first-order valence-corrected chi connectivity index (χ1v) is 12.9. The average molecular weight is 468 g/mol. The van der Waals surface area contributed by atoms with Crippen molar-refractivity contribution >= 4 is 38.9 Å². The summed E-state index contributed by atoms with van der Waals surface area (Å²) in [6.45, 7) is 8.98. The summed E-state index contributed by atoms with van der Waals surface area (Å²) in [7, 11) is -3.87. The number of sulfonamides is 1. The van der Waals surface area contributed by atoms with Crippen molar-refractivity contribution in [1.29, 1.82) is 0 Å². The molecule has 2 heterocycles. The van der Waals surface area contributed by atoms with E-state index in [0.29, 0.717) is 24.7 Å². The van der Waals surface area contributed by atoms with E-state index in [1.807, 2.05) is 20.8 Å². The molecule has 2 aliphatic rings.